The molecule has 126 valence electrons. The number of ketones is 1. The van der Waals surface area contributed by atoms with Gasteiger partial charge in [0.25, 0.3) is 0 Å². The standard InChI is InChI=1S/C15H14N4O3S.HI/c16-12-13(20)11-10(15(21)22)8(7-23-14(11)12)6-18-4-5-19-9(18)2-1-3-17-19;/h1-5,11-12,14H,6-7,16H2;1H. The highest BCUT2D eigenvalue weighted by Crippen LogP contribution is 2.44. The normalized spacial score (nSPS) is 25.9. The van der Waals surface area contributed by atoms with Gasteiger partial charge in [0.1, 0.15) is 12.7 Å². The number of nitrogens with two attached hydrogens (primary N) is 1. The van der Waals surface area contributed by atoms with Crippen molar-refractivity contribution in [1.29, 1.82) is 0 Å². The fourth-order valence-electron chi connectivity index (χ4n) is 3.30. The molecule has 2 N–H and O–H groups in total. The molecule has 3 unspecified atom stereocenters. The molecule has 4 rings (SSSR count). The number of hydrogen-bond acceptors (Lipinski definition) is 6. The minimum atomic E-state index is -1.27. The van der Waals surface area contributed by atoms with Crippen LogP contribution in [0.4, 0.5) is 0 Å². The second kappa shape index (κ2) is 6.45. The predicted octanol–water partition coefficient (Wildman–Crippen LogP) is -1.07. The van der Waals surface area contributed by atoms with Gasteiger partial charge in [-0.2, -0.15) is 11.8 Å². The Morgan fingerprint density at radius 2 is 2.33 bits per heavy atom. The van der Waals surface area contributed by atoms with E-state index in [-0.39, 0.29) is 40.6 Å². The van der Waals surface area contributed by atoms with E-state index in [0.29, 0.717) is 17.9 Å². The zero-order valence-corrected chi connectivity index (χ0v) is 15.6. The summed E-state index contributed by atoms with van der Waals surface area (Å²) in [6.07, 6.45) is 5.32. The number of nitrogens with zero attached hydrogens (tertiary/aromatic N) is 3. The Labute approximate surface area is 158 Å². The number of aliphatic carboxylic acids is 1. The first-order valence-electron chi connectivity index (χ1n) is 7.24. The number of thioether (sulfide) groups is 1. The number of carbonyl (C=O) groups excluding carboxylic acids is 2. The van der Waals surface area contributed by atoms with Crippen LogP contribution in [0.5, 0.6) is 0 Å². The van der Waals surface area contributed by atoms with E-state index < -0.39 is 17.9 Å². The van der Waals surface area contributed by atoms with E-state index in [1.165, 1.54) is 0 Å². The van der Waals surface area contributed by atoms with Crippen LogP contribution in [0.25, 0.3) is 5.65 Å². The van der Waals surface area contributed by atoms with E-state index in [2.05, 4.69) is 5.10 Å². The smallest absolute Gasteiger partial charge is 0.307 e. The van der Waals surface area contributed by atoms with Crippen LogP contribution >= 0.6 is 35.7 Å². The molecule has 1 aliphatic carbocycles. The molecule has 2 aliphatic rings. The average Bonchev–Trinajstić information content (AvgIpc) is 2.96. The summed E-state index contributed by atoms with van der Waals surface area (Å²) in [5.74, 6) is -1.56. The van der Waals surface area contributed by atoms with Gasteiger partial charge in [-0.05, 0) is 17.2 Å². The first kappa shape index (κ1) is 17.4. The molecule has 0 spiro atoms. The molecule has 0 aromatic carbocycles. The Morgan fingerprint density at radius 3 is 3.08 bits per heavy atom. The fourth-order valence-corrected chi connectivity index (χ4v) is 4.74. The summed E-state index contributed by atoms with van der Waals surface area (Å²) in [5, 5.41) is 15.6. The monoisotopic (exact) mass is 458 g/mol. The second-order valence-corrected chi connectivity index (χ2v) is 6.90. The SMILES string of the molecule is I.NC1C(=O)C2C(C(=O)[O-])=C(C[n+]3ccn4ncccc43)CSC12. The van der Waals surface area contributed by atoms with E-state index in [1.807, 2.05) is 22.9 Å². The summed E-state index contributed by atoms with van der Waals surface area (Å²) < 4.78 is 3.62. The maximum atomic E-state index is 12.0. The topological polar surface area (TPSA) is 104 Å². The van der Waals surface area contributed by atoms with Crippen molar-refractivity contribution in [3.63, 3.8) is 0 Å². The lowest BCUT2D eigenvalue weighted by molar-refractivity contribution is -0.662. The van der Waals surface area contributed by atoms with Gasteiger partial charge in [-0.25, -0.2) is 4.57 Å². The highest BCUT2D eigenvalue weighted by atomic mass is 127. The van der Waals surface area contributed by atoms with Gasteiger partial charge < -0.3 is 15.6 Å². The number of aromatic nitrogens is 3. The van der Waals surface area contributed by atoms with Crippen LogP contribution in [0.2, 0.25) is 0 Å². The number of Topliss-reactive ketones (excluding diaryl/α,β-unsaturated/α-hetero) is 1. The number of carboxylic acids is 1. The van der Waals surface area contributed by atoms with Crippen LogP contribution in [0.15, 0.2) is 41.9 Å². The van der Waals surface area contributed by atoms with Gasteiger partial charge in [-0.1, -0.05) is 5.10 Å². The average molecular weight is 458 g/mol. The predicted molar refractivity (Wildman–Crippen MR) is 95.6 cm³/mol. The van der Waals surface area contributed by atoms with Crippen molar-refractivity contribution in [3.8, 4) is 0 Å². The number of imidazole rings is 1. The first-order valence-corrected chi connectivity index (χ1v) is 8.29. The molecule has 2 aromatic heterocycles. The van der Waals surface area contributed by atoms with E-state index >= 15 is 0 Å². The Kier molecular flexibility index (Phi) is 4.67. The summed E-state index contributed by atoms with van der Waals surface area (Å²) >= 11 is 1.55. The third kappa shape index (κ3) is 2.54. The summed E-state index contributed by atoms with van der Waals surface area (Å²) in [5.41, 5.74) is 7.45. The highest BCUT2D eigenvalue weighted by Gasteiger charge is 2.52. The number of carboxylic acid groups (broad SMARTS) is 1. The molecule has 9 heteroatoms. The summed E-state index contributed by atoms with van der Waals surface area (Å²) in [7, 11) is 0. The molecule has 1 aliphatic heterocycles. The van der Waals surface area contributed by atoms with Gasteiger partial charge in [0.2, 0.25) is 0 Å². The molecule has 3 heterocycles. The second-order valence-electron chi connectivity index (χ2n) is 5.74. The van der Waals surface area contributed by atoms with Gasteiger partial charge in [0.05, 0.1) is 24.1 Å². The molecule has 3 atom stereocenters. The van der Waals surface area contributed by atoms with E-state index in [9.17, 15) is 14.7 Å². The van der Waals surface area contributed by atoms with Crippen molar-refractivity contribution < 1.29 is 19.3 Å². The molecule has 24 heavy (non-hydrogen) atoms. The zero-order valence-electron chi connectivity index (χ0n) is 12.5. The number of fused-ring (bicyclic) bond motifs is 2. The molecular formula is C15H15IN4O3S. The van der Waals surface area contributed by atoms with Crippen LogP contribution < -0.4 is 15.4 Å². The molecule has 1 fully saturated rings. The van der Waals surface area contributed by atoms with Crippen molar-refractivity contribution in [2.75, 3.05) is 5.75 Å². The number of halogens is 1. The van der Waals surface area contributed by atoms with Crippen molar-refractivity contribution in [2.45, 2.75) is 17.8 Å². The zero-order chi connectivity index (χ0) is 16.1. The molecule has 0 radical (unpaired) electrons. The lowest BCUT2D eigenvalue weighted by Crippen LogP contribution is -2.63. The largest absolute Gasteiger partial charge is 0.545 e. The molecule has 1 saturated carbocycles. The lowest BCUT2D eigenvalue weighted by Gasteiger charge is -2.45. The minimum absolute atomic E-state index is 0. The Bertz CT molecular complexity index is 865. The van der Waals surface area contributed by atoms with E-state index in [1.54, 1.807) is 28.7 Å². The van der Waals surface area contributed by atoms with Crippen molar-refractivity contribution in [2.24, 2.45) is 11.7 Å². The molecule has 0 bridgehead atoms. The van der Waals surface area contributed by atoms with Gasteiger partial charge in [0, 0.05) is 17.1 Å². The maximum Gasteiger partial charge on any atom is 0.307 e. The van der Waals surface area contributed by atoms with Crippen molar-refractivity contribution in [1.82, 2.24) is 9.61 Å². The first-order chi connectivity index (χ1) is 11.1. The van der Waals surface area contributed by atoms with E-state index in [4.69, 9.17) is 5.73 Å². The van der Waals surface area contributed by atoms with Crippen LogP contribution in [0.1, 0.15) is 0 Å². The van der Waals surface area contributed by atoms with Gasteiger partial charge in [-0.3, -0.25) is 4.79 Å². The molecule has 7 nitrogen and oxygen atoms in total. The Morgan fingerprint density at radius 1 is 1.54 bits per heavy atom. The number of carbonyl (C=O) groups is 2. The van der Waals surface area contributed by atoms with Crippen molar-refractivity contribution in [3.05, 3.63) is 41.9 Å². The lowest BCUT2D eigenvalue weighted by atomic mass is 9.72. The van der Waals surface area contributed by atoms with Gasteiger partial charge in [-0.15, -0.1) is 28.5 Å². The van der Waals surface area contributed by atoms with Crippen molar-refractivity contribution >= 4 is 53.1 Å². The maximum absolute atomic E-state index is 12.0. The van der Waals surface area contributed by atoms with Crippen LogP contribution in [-0.2, 0) is 16.1 Å². The molecular weight excluding hydrogens is 443 g/mol. The molecule has 0 amide bonds. The highest BCUT2D eigenvalue weighted by molar-refractivity contribution is 14.0. The van der Waals surface area contributed by atoms with Crippen LogP contribution in [0, 0.1) is 5.92 Å². The fraction of sp³-hybridized carbons (Fsp3) is 0.333. The minimum Gasteiger partial charge on any atom is -0.545 e. The summed E-state index contributed by atoms with van der Waals surface area (Å²) in [4.78, 5) is 23.6. The Balaban J connectivity index is 0.00000169. The summed E-state index contributed by atoms with van der Waals surface area (Å²) in [6, 6.07) is 3.16. The quantitative estimate of drug-likeness (QED) is 0.464. The third-order valence-corrected chi connectivity index (χ3v) is 5.95. The molecule has 0 saturated heterocycles. The van der Waals surface area contributed by atoms with Gasteiger partial charge >= 0.3 is 5.65 Å². The summed E-state index contributed by atoms with van der Waals surface area (Å²) in [6.45, 7) is 0.393. The molecule has 2 aromatic rings. The third-order valence-electron chi connectivity index (χ3n) is 4.48. The van der Waals surface area contributed by atoms with Crippen LogP contribution in [-0.4, -0.2) is 38.4 Å². The van der Waals surface area contributed by atoms with Gasteiger partial charge in [0.15, 0.2) is 12.0 Å². The van der Waals surface area contributed by atoms with E-state index in [0.717, 1.165) is 5.65 Å². The Hall–Kier alpha value is -1.46. The van der Waals surface area contributed by atoms with Crippen LogP contribution in [0.3, 0.4) is 0 Å². The number of hydrogen-bond donors (Lipinski definition) is 1. The number of rotatable bonds is 3.